The number of hydrogen-bond acceptors (Lipinski definition) is 2. The van der Waals surface area contributed by atoms with Crippen molar-refractivity contribution in [3.05, 3.63) is 34.9 Å². The molecule has 0 aliphatic carbocycles. The van der Waals surface area contributed by atoms with Crippen molar-refractivity contribution >= 4 is 25.4 Å². The molecule has 1 aromatic rings. The van der Waals surface area contributed by atoms with Crippen LogP contribution in [0.1, 0.15) is 19.4 Å². The number of aliphatic hydroxyl groups excluding tert-OH is 1. The molecule has 0 spiro atoms. The third-order valence-electron chi connectivity index (χ3n) is 2.98. The highest BCUT2D eigenvalue weighted by Gasteiger charge is 2.19. The Morgan fingerprint density at radius 2 is 1.95 bits per heavy atom. The molecular weight excluding hydrogens is 260 g/mol. The average molecular weight is 280 g/mol. The van der Waals surface area contributed by atoms with E-state index in [0.29, 0.717) is 11.4 Å². The first kappa shape index (κ1) is 16.1. The molecule has 0 fully saturated rings. The van der Waals surface area contributed by atoms with Crippen molar-refractivity contribution in [3.63, 3.8) is 0 Å². The van der Waals surface area contributed by atoms with Crippen LogP contribution in [0.25, 0.3) is 0 Å². The highest BCUT2D eigenvalue weighted by molar-refractivity contribution is 6.30. The number of benzene rings is 1. The van der Waals surface area contributed by atoms with Crippen LogP contribution in [0.3, 0.4) is 0 Å². The summed E-state index contributed by atoms with van der Waals surface area (Å²) in [5, 5.41) is 12.8. The lowest BCUT2D eigenvalue weighted by Crippen LogP contribution is -2.41. The van der Waals surface area contributed by atoms with Crippen LogP contribution in [-0.2, 0) is 11.2 Å². The number of nitrogens with one attached hydrogen (secondary N) is 1. The minimum Gasteiger partial charge on any atom is -0.394 e. The molecule has 5 heteroatoms. The van der Waals surface area contributed by atoms with Crippen molar-refractivity contribution in [2.75, 3.05) is 6.61 Å². The first-order valence-corrected chi connectivity index (χ1v) is 6.73. The van der Waals surface area contributed by atoms with Gasteiger partial charge >= 0.3 is 0 Å². The fourth-order valence-electron chi connectivity index (χ4n) is 1.67. The number of carbonyl (C=O) groups excluding carboxylic acids is 1. The summed E-state index contributed by atoms with van der Waals surface area (Å²) in [6.45, 7) is 3.65. The van der Waals surface area contributed by atoms with Gasteiger partial charge in [0.15, 0.2) is 0 Å². The number of amides is 1. The van der Waals surface area contributed by atoms with E-state index in [2.05, 4.69) is 5.32 Å². The summed E-state index contributed by atoms with van der Waals surface area (Å²) in [5.41, 5.74) is 1.00. The molecule has 0 saturated carbocycles. The second kappa shape index (κ2) is 7.56. The van der Waals surface area contributed by atoms with Gasteiger partial charge in [0.25, 0.3) is 0 Å². The molecule has 0 aliphatic rings. The van der Waals surface area contributed by atoms with Gasteiger partial charge in [-0.3, -0.25) is 4.79 Å². The molecule has 0 aromatic heterocycles. The normalized spacial score (nSPS) is 14.2. The summed E-state index contributed by atoms with van der Waals surface area (Å²) < 4.78 is 0. The number of carbonyl (C=O) groups is 1. The van der Waals surface area contributed by atoms with Gasteiger partial charge in [-0.25, -0.2) is 0 Å². The molecule has 0 bridgehead atoms. The van der Waals surface area contributed by atoms with Crippen LogP contribution in [0.5, 0.6) is 0 Å². The van der Waals surface area contributed by atoms with E-state index in [-0.39, 0.29) is 24.5 Å². The summed E-state index contributed by atoms with van der Waals surface area (Å²) in [6, 6.07) is 6.98. The molecule has 2 radical (unpaired) electrons. The van der Waals surface area contributed by atoms with Gasteiger partial charge in [-0.1, -0.05) is 37.6 Å². The maximum absolute atomic E-state index is 11.8. The number of rotatable bonds is 6. The molecule has 102 valence electrons. The van der Waals surface area contributed by atoms with Crippen molar-refractivity contribution in [2.24, 2.45) is 5.92 Å². The first-order valence-electron chi connectivity index (χ1n) is 6.35. The number of halogens is 1. The van der Waals surface area contributed by atoms with Crippen molar-refractivity contribution in [3.8, 4) is 0 Å². The topological polar surface area (TPSA) is 49.3 Å². The predicted octanol–water partition coefficient (Wildman–Crippen LogP) is 1.97. The Labute approximate surface area is 120 Å². The van der Waals surface area contributed by atoms with Crippen LogP contribution in [0.4, 0.5) is 0 Å². The molecule has 1 rings (SSSR count). The summed E-state index contributed by atoms with van der Waals surface area (Å²) >= 11 is 5.81. The van der Waals surface area contributed by atoms with Crippen molar-refractivity contribution in [1.82, 2.24) is 5.32 Å². The van der Waals surface area contributed by atoms with E-state index in [1.165, 1.54) is 0 Å². The lowest BCUT2D eigenvalue weighted by atomic mass is 9.77. The third-order valence-corrected chi connectivity index (χ3v) is 3.24. The van der Waals surface area contributed by atoms with E-state index < -0.39 is 5.82 Å². The molecule has 2 atom stereocenters. The van der Waals surface area contributed by atoms with Crippen molar-refractivity contribution in [2.45, 2.75) is 32.1 Å². The van der Waals surface area contributed by atoms with Crippen molar-refractivity contribution in [1.29, 1.82) is 0 Å². The zero-order valence-electron chi connectivity index (χ0n) is 11.3. The highest BCUT2D eigenvalue weighted by atomic mass is 35.5. The Bertz CT molecular complexity index is 408. The molecule has 2 N–H and O–H groups in total. The lowest BCUT2D eigenvalue weighted by molar-refractivity contribution is -0.122. The molecule has 0 unspecified atom stereocenters. The molecule has 0 saturated heterocycles. The molecule has 1 aromatic carbocycles. The predicted molar refractivity (Wildman–Crippen MR) is 78.5 cm³/mol. The molecule has 0 heterocycles. The minimum absolute atomic E-state index is 0.0647. The number of aliphatic hydroxyl groups is 1. The van der Waals surface area contributed by atoms with Gasteiger partial charge < -0.3 is 10.4 Å². The van der Waals surface area contributed by atoms with E-state index in [1.807, 2.05) is 26.0 Å². The Balaban J connectivity index is 2.59. The van der Waals surface area contributed by atoms with Gasteiger partial charge in [0, 0.05) is 10.8 Å². The smallest absolute Gasteiger partial charge is 0.214 e. The van der Waals surface area contributed by atoms with Crippen molar-refractivity contribution < 1.29 is 9.90 Å². The van der Waals surface area contributed by atoms with E-state index in [0.717, 1.165) is 5.56 Å². The zero-order chi connectivity index (χ0) is 14.4. The van der Waals surface area contributed by atoms with Crippen LogP contribution in [0, 0.1) is 5.92 Å². The van der Waals surface area contributed by atoms with Crippen LogP contribution in [0.2, 0.25) is 10.8 Å². The third kappa shape index (κ3) is 5.25. The second-order valence-corrected chi connectivity index (χ2v) is 5.42. The largest absolute Gasteiger partial charge is 0.394 e. The van der Waals surface area contributed by atoms with Crippen LogP contribution in [0.15, 0.2) is 24.3 Å². The fraction of sp³-hybridized carbons (Fsp3) is 0.500. The summed E-state index contributed by atoms with van der Waals surface area (Å²) in [7, 11) is 5.77. The quantitative estimate of drug-likeness (QED) is 0.782. The fourth-order valence-corrected chi connectivity index (χ4v) is 1.79. The highest BCUT2D eigenvalue weighted by Crippen LogP contribution is 2.14. The van der Waals surface area contributed by atoms with Crippen LogP contribution in [-0.4, -0.2) is 31.5 Å². The zero-order valence-corrected chi connectivity index (χ0v) is 12.0. The summed E-state index contributed by atoms with van der Waals surface area (Å²) in [6.07, 6.45) is 0.546. The summed E-state index contributed by atoms with van der Waals surface area (Å²) in [4.78, 5) is 11.8. The Kier molecular flexibility index (Phi) is 6.39. The van der Waals surface area contributed by atoms with Gasteiger partial charge in [-0.2, -0.15) is 0 Å². The average Bonchev–Trinajstić information content (AvgIpc) is 2.39. The monoisotopic (exact) mass is 279 g/mol. The van der Waals surface area contributed by atoms with Gasteiger partial charge in [0.2, 0.25) is 5.91 Å². The van der Waals surface area contributed by atoms with Gasteiger partial charge in [0.1, 0.15) is 0 Å². The van der Waals surface area contributed by atoms with Crippen LogP contribution < -0.4 is 5.32 Å². The van der Waals surface area contributed by atoms with E-state index in [4.69, 9.17) is 19.4 Å². The standard InChI is InChI=1S/C14H19BClNO2/c1-9(2)13(15)14(19)17-12(8-18)7-10-3-5-11(16)6-4-10/h3-6,9,12-13,18H,7-8H2,1-2H3,(H,17,19)/t12-,13+/m0/s1. The number of hydrogen-bond donors (Lipinski definition) is 2. The van der Waals surface area contributed by atoms with E-state index in [1.54, 1.807) is 12.1 Å². The maximum atomic E-state index is 11.8. The minimum atomic E-state index is -0.556. The molecule has 1 amide bonds. The first-order chi connectivity index (χ1) is 8.93. The van der Waals surface area contributed by atoms with E-state index >= 15 is 0 Å². The maximum Gasteiger partial charge on any atom is 0.214 e. The SMILES string of the molecule is [B][C@@H](C(=O)N[C@H](CO)Cc1ccc(Cl)cc1)C(C)C. The van der Waals surface area contributed by atoms with Crippen LogP contribution >= 0.6 is 11.6 Å². The van der Waals surface area contributed by atoms with Gasteiger partial charge in [-0.15, -0.1) is 0 Å². The molecule has 0 aliphatic heterocycles. The molecular formula is C14H19BClNO2. The Morgan fingerprint density at radius 3 is 2.42 bits per heavy atom. The van der Waals surface area contributed by atoms with Gasteiger partial charge in [0.05, 0.1) is 20.5 Å². The Morgan fingerprint density at radius 1 is 1.37 bits per heavy atom. The molecule has 3 nitrogen and oxygen atoms in total. The molecule has 19 heavy (non-hydrogen) atoms. The Hall–Kier alpha value is -0.995. The van der Waals surface area contributed by atoms with E-state index in [9.17, 15) is 9.90 Å². The van der Waals surface area contributed by atoms with Gasteiger partial charge in [-0.05, 0) is 30.0 Å². The lowest BCUT2D eigenvalue weighted by Gasteiger charge is -2.21. The second-order valence-electron chi connectivity index (χ2n) is 4.99. The summed E-state index contributed by atoms with van der Waals surface area (Å²) in [5.74, 6) is -0.725.